The molecule has 0 unspecified atom stereocenters. The van der Waals surface area contributed by atoms with Crippen molar-refractivity contribution in [1.82, 2.24) is 9.80 Å². The molecule has 1 atom stereocenters. The highest BCUT2D eigenvalue weighted by atomic mass is 16.5. The van der Waals surface area contributed by atoms with Crippen LogP contribution in [0.15, 0.2) is 48.0 Å². The maximum absolute atomic E-state index is 13.2. The van der Waals surface area contributed by atoms with Crippen molar-refractivity contribution in [3.05, 3.63) is 75.9 Å². The minimum atomic E-state index is -0.620. The number of morpholine rings is 1. The number of ether oxygens (including phenoxy) is 1. The zero-order chi connectivity index (χ0) is 23.5. The highest BCUT2D eigenvalue weighted by Crippen LogP contribution is 2.40. The number of aliphatic hydroxyl groups is 1. The van der Waals surface area contributed by atoms with Crippen molar-refractivity contribution in [3.63, 3.8) is 0 Å². The van der Waals surface area contributed by atoms with Crippen LogP contribution in [0, 0.1) is 20.8 Å². The Kier molecular flexibility index (Phi) is 6.96. The lowest BCUT2D eigenvalue weighted by Gasteiger charge is -2.29. The van der Waals surface area contributed by atoms with Crippen LogP contribution in [-0.4, -0.2) is 66.0 Å². The van der Waals surface area contributed by atoms with E-state index in [9.17, 15) is 14.7 Å². The Bertz CT molecular complexity index is 1070. The number of Topliss-reactive ketones (excluding diaryl/α,β-unsaturated/α-hetero) is 1. The Hall–Kier alpha value is -2.96. The van der Waals surface area contributed by atoms with E-state index in [0.717, 1.165) is 61.5 Å². The first kappa shape index (κ1) is 23.2. The first-order valence-electron chi connectivity index (χ1n) is 11.6. The van der Waals surface area contributed by atoms with Crippen molar-refractivity contribution < 1.29 is 19.4 Å². The molecule has 2 fully saturated rings. The van der Waals surface area contributed by atoms with Crippen molar-refractivity contribution in [2.45, 2.75) is 33.2 Å². The SMILES string of the molecule is Cc1ccc([C@H]2C(=C(O)c3cc(C)ccc3C)C(=O)C(=O)N2CCCN2CCOCC2)cc1. The first-order valence-corrected chi connectivity index (χ1v) is 11.6. The van der Waals surface area contributed by atoms with Gasteiger partial charge in [-0.15, -0.1) is 0 Å². The van der Waals surface area contributed by atoms with Gasteiger partial charge in [0.2, 0.25) is 0 Å². The molecular weight excluding hydrogens is 416 g/mol. The van der Waals surface area contributed by atoms with Crippen molar-refractivity contribution in [2.75, 3.05) is 39.4 Å². The van der Waals surface area contributed by atoms with E-state index in [4.69, 9.17) is 4.74 Å². The van der Waals surface area contributed by atoms with E-state index in [2.05, 4.69) is 4.90 Å². The van der Waals surface area contributed by atoms with E-state index >= 15 is 0 Å². The maximum atomic E-state index is 13.2. The summed E-state index contributed by atoms with van der Waals surface area (Å²) in [5.41, 5.74) is 4.53. The van der Waals surface area contributed by atoms with Gasteiger partial charge >= 0.3 is 0 Å². The summed E-state index contributed by atoms with van der Waals surface area (Å²) in [6.45, 7) is 10.3. The lowest BCUT2D eigenvalue weighted by atomic mass is 9.93. The van der Waals surface area contributed by atoms with Crippen LogP contribution < -0.4 is 0 Å². The third-order valence-corrected chi connectivity index (χ3v) is 6.56. The lowest BCUT2D eigenvalue weighted by Crippen LogP contribution is -2.38. The van der Waals surface area contributed by atoms with Crippen LogP contribution in [0.1, 0.15) is 40.3 Å². The largest absolute Gasteiger partial charge is 0.507 e. The van der Waals surface area contributed by atoms with Gasteiger partial charge in [-0.1, -0.05) is 47.5 Å². The van der Waals surface area contributed by atoms with Gasteiger partial charge < -0.3 is 14.7 Å². The van der Waals surface area contributed by atoms with Gasteiger partial charge in [-0.3, -0.25) is 14.5 Å². The number of aliphatic hydroxyl groups excluding tert-OH is 1. The van der Waals surface area contributed by atoms with Gasteiger partial charge in [-0.2, -0.15) is 0 Å². The number of rotatable bonds is 6. The molecule has 2 aromatic carbocycles. The summed E-state index contributed by atoms with van der Waals surface area (Å²) >= 11 is 0. The molecule has 6 nitrogen and oxygen atoms in total. The van der Waals surface area contributed by atoms with Gasteiger partial charge in [-0.05, 0) is 44.4 Å². The summed E-state index contributed by atoms with van der Waals surface area (Å²) < 4.78 is 5.41. The van der Waals surface area contributed by atoms with Gasteiger partial charge in [0.1, 0.15) is 5.76 Å². The molecule has 2 aromatic rings. The number of likely N-dealkylation sites (tertiary alicyclic amines) is 1. The number of amides is 1. The number of hydrogen-bond donors (Lipinski definition) is 1. The molecular formula is C27H32N2O4. The summed E-state index contributed by atoms with van der Waals surface area (Å²) in [6.07, 6.45) is 0.749. The van der Waals surface area contributed by atoms with Crippen molar-refractivity contribution in [2.24, 2.45) is 0 Å². The normalized spacial score (nSPS) is 21.1. The second-order valence-electron chi connectivity index (χ2n) is 9.03. The quantitative estimate of drug-likeness (QED) is 0.414. The second kappa shape index (κ2) is 9.89. The molecule has 0 radical (unpaired) electrons. The monoisotopic (exact) mass is 448 g/mol. The van der Waals surface area contributed by atoms with E-state index in [0.29, 0.717) is 12.1 Å². The summed E-state index contributed by atoms with van der Waals surface area (Å²) in [6, 6.07) is 13.0. The van der Waals surface area contributed by atoms with Crippen LogP contribution in [0.2, 0.25) is 0 Å². The Labute approximate surface area is 195 Å². The highest BCUT2D eigenvalue weighted by molar-refractivity contribution is 6.46. The smallest absolute Gasteiger partial charge is 0.295 e. The van der Waals surface area contributed by atoms with Crippen molar-refractivity contribution in [3.8, 4) is 0 Å². The number of carbonyl (C=O) groups excluding carboxylic acids is 2. The fraction of sp³-hybridized carbons (Fsp3) is 0.407. The molecule has 0 spiro atoms. The van der Waals surface area contributed by atoms with Gasteiger partial charge in [-0.25, -0.2) is 0 Å². The number of ketones is 1. The third-order valence-electron chi connectivity index (χ3n) is 6.56. The molecule has 0 aliphatic carbocycles. The van der Waals surface area contributed by atoms with E-state index in [1.807, 2.05) is 63.2 Å². The Morgan fingerprint density at radius 1 is 0.970 bits per heavy atom. The van der Waals surface area contributed by atoms with Crippen LogP contribution >= 0.6 is 0 Å². The van der Waals surface area contributed by atoms with Gasteiger partial charge in [0, 0.05) is 31.7 Å². The molecule has 2 heterocycles. The molecule has 2 saturated heterocycles. The number of hydrogen-bond acceptors (Lipinski definition) is 5. The van der Waals surface area contributed by atoms with Gasteiger partial charge in [0.15, 0.2) is 0 Å². The molecule has 4 rings (SSSR count). The Balaban J connectivity index is 1.70. The van der Waals surface area contributed by atoms with Gasteiger partial charge in [0.25, 0.3) is 11.7 Å². The second-order valence-corrected chi connectivity index (χ2v) is 9.03. The van der Waals surface area contributed by atoms with Crippen LogP contribution in [0.5, 0.6) is 0 Å². The maximum Gasteiger partial charge on any atom is 0.295 e. The third kappa shape index (κ3) is 4.87. The van der Waals surface area contributed by atoms with Crippen LogP contribution in [0.25, 0.3) is 5.76 Å². The lowest BCUT2D eigenvalue weighted by molar-refractivity contribution is -0.140. The van der Waals surface area contributed by atoms with Crippen LogP contribution in [-0.2, 0) is 14.3 Å². The minimum absolute atomic E-state index is 0.101. The van der Waals surface area contributed by atoms with Gasteiger partial charge in [0.05, 0.1) is 24.8 Å². The molecule has 2 aliphatic rings. The van der Waals surface area contributed by atoms with Crippen molar-refractivity contribution in [1.29, 1.82) is 0 Å². The fourth-order valence-corrected chi connectivity index (χ4v) is 4.63. The summed E-state index contributed by atoms with van der Waals surface area (Å²) in [5.74, 6) is -1.27. The van der Waals surface area contributed by atoms with Crippen LogP contribution in [0.3, 0.4) is 0 Å². The van der Waals surface area contributed by atoms with E-state index in [-0.39, 0.29) is 11.3 Å². The number of benzene rings is 2. The zero-order valence-corrected chi connectivity index (χ0v) is 19.6. The summed E-state index contributed by atoms with van der Waals surface area (Å²) in [5, 5.41) is 11.3. The zero-order valence-electron chi connectivity index (χ0n) is 19.6. The standard InChI is InChI=1S/C27H32N2O4/c1-18-6-9-21(10-7-18)24-23(25(30)22-17-19(2)5-8-20(22)3)26(31)27(32)29(24)12-4-11-28-13-15-33-16-14-28/h5-10,17,24,30H,4,11-16H2,1-3H3/t24-/m0/s1. The molecule has 2 aliphatic heterocycles. The Morgan fingerprint density at radius 2 is 1.64 bits per heavy atom. The molecule has 0 saturated carbocycles. The molecule has 6 heteroatoms. The molecule has 1 N–H and O–H groups in total. The molecule has 0 bridgehead atoms. The number of nitrogens with zero attached hydrogens (tertiary/aromatic N) is 2. The summed E-state index contributed by atoms with van der Waals surface area (Å²) in [4.78, 5) is 30.3. The molecule has 174 valence electrons. The Morgan fingerprint density at radius 3 is 2.33 bits per heavy atom. The fourth-order valence-electron chi connectivity index (χ4n) is 4.63. The predicted molar refractivity (Wildman–Crippen MR) is 128 cm³/mol. The summed E-state index contributed by atoms with van der Waals surface area (Å²) in [7, 11) is 0. The molecule has 1 amide bonds. The van der Waals surface area contributed by atoms with E-state index in [1.165, 1.54) is 0 Å². The van der Waals surface area contributed by atoms with Crippen molar-refractivity contribution >= 4 is 17.4 Å². The highest BCUT2D eigenvalue weighted by Gasteiger charge is 2.45. The van der Waals surface area contributed by atoms with E-state index in [1.54, 1.807) is 4.90 Å². The predicted octanol–water partition coefficient (Wildman–Crippen LogP) is 3.76. The number of carbonyl (C=O) groups is 2. The molecule has 33 heavy (non-hydrogen) atoms. The average Bonchev–Trinajstić information content (AvgIpc) is 3.06. The average molecular weight is 449 g/mol. The van der Waals surface area contributed by atoms with E-state index < -0.39 is 17.7 Å². The van der Waals surface area contributed by atoms with Crippen LogP contribution in [0.4, 0.5) is 0 Å². The first-order chi connectivity index (χ1) is 15.9. The topological polar surface area (TPSA) is 70.1 Å². The minimum Gasteiger partial charge on any atom is -0.507 e. The molecule has 0 aromatic heterocycles. The number of aryl methyl sites for hydroxylation is 3.